The number of rotatable bonds is 4. The largest absolute Gasteiger partial charge is 0.335 e. The van der Waals surface area contributed by atoms with Crippen LogP contribution in [0.15, 0.2) is 133 Å². The first kappa shape index (κ1) is 49.3. The summed E-state index contributed by atoms with van der Waals surface area (Å²) in [4.78, 5) is 11.4. The van der Waals surface area contributed by atoms with Crippen LogP contribution in [-0.4, -0.2) is 21.8 Å². The Morgan fingerprint density at radius 1 is 0.500 bits per heavy atom. The summed E-state index contributed by atoms with van der Waals surface area (Å²) in [6.45, 7) is 36.5. The molecule has 2 unspecified atom stereocenters. The summed E-state index contributed by atoms with van der Waals surface area (Å²) in [5.74, 6) is 0.950. The Bertz CT molecular complexity index is 3680. The molecule has 5 aliphatic rings. The molecule has 76 heavy (non-hydrogen) atoms. The number of imidazole rings is 1. The summed E-state index contributed by atoms with van der Waals surface area (Å²) in [7, 11) is 0. The molecule has 5 heteroatoms. The van der Waals surface area contributed by atoms with Crippen molar-refractivity contribution >= 4 is 62.6 Å². The average Bonchev–Trinajstić information content (AvgIpc) is 4.06. The van der Waals surface area contributed by atoms with Crippen LogP contribution < -0.4 is 26.2 Å². The zero-order chi connectivity index (χ0) is 53.4. The van der Waals surface area contributed by atoms with Gasteiger partial charge in [-0.05, 0) is 169 Å². The second-order valence-electron chi connectivity index (χ2n) is 28.7. The minimum absolute atomic E-state index is 0.000528. The van der Waals surface area contributed by atoms with Crippen molar-refractivity contribution < 1.29 is 0 Å². The number of aromatic nitrogens is 2. The molecular formula is C71H79BN4. The lowest BCUT2D eigenvalue weighted by Gasteiger charge is -2.53. The van der Waals surface area contributed by atoms with Crippen molar-refractivity contribution in [2.24, 2.45) is 0 Å². The van der Waals surface area contributed by atoms with E-state index in [-0.39, 0.29) is 44.7 Å². The van der Waals surface area contributed by atoms with Crippen molar-refractivity contribution in [1.29, 1.82) is 0 Å². The maximum absolute atomic E-state index is 5.76. The molecule has 8 aromatic rings. The van der Waals surface area contributed by atoms with E-state index in [0.29, 0.717) is 0 Å². The van der Waals surface area contributed by atoms with Crippen LogP contribution in [0.2, 0.25) is 0 Å². The summed E-state index contributed by atoms with van der Waals surface area (Å²) in [5.41, 5.74) is 26.5. The lowest BCUT2D eigenvalue weighted by Crippen LogP contribution is -2.64. The van der Waals surface area contributed by atoms with E-state index in [9.17, 15) is 0 Å². The van der Waals surface area contributed by atoms with E-state index in [1.807, 2.05) is 0 Å². The topological polar surface area (TPSA) is 24.3 Å². The van der Waals surface area contributed by atoms with Gasteiger partial charge in [0.1, 0.15) is 5.82 Å². The molecule has 4 nitrogen and oxygen atoms in total. The van der Waals surface area contributed by atoms with Gasteiger partial charge in [0.05, 0.1) is 16.6 Å². The highest BCUT2D eigenvalue weighted by Gasteiger charge is 2.62. The standard InChI is InChI=1S/C71H79BN4/c1-65(2,3)47-29-27-45(28-30-47)44-23-25-46(26-24-44)64-73-56-43-57-55(42-58(56)75(64)49-21-17-16-18-22-49)72-54-34-33-52(67(7,8)9)61-63(54)76(71(15)36-20-19-35-70(61,71)14)60-40-48(66(4,5)6)39-59(62(60)72)74(57)50-31-32-51-53(41-50)69(12,13)38-37-68(51,10)11/h16-18,21-34,39-43H,19-20,35-38H2,1-15H3. The molecule has 1 saturated carbocycles. The Labute approximate surface area is 455 Å². The van der Waals surface area contributed by atoms with E-state index in [2.05, 4.69) is 252 Å². The van der Waals surface area contributed by atoms with Gasteiger partial charge in [-0.1, -0.05) is 195 Å². The third-order valence-corrected chi connectivity index (χ3v) is 19.8. The Morgan fingerprint density at radius 3 is 1.78 bits per heavy atom. The normalized spacial score (nSPS) is 21.0. The predicted octanol–water partition coefficient (Wildman–Crippen LogP) is 17.0. The summed E-state index contributed by atoms with van der Waals surface area (Å²) >= 11 is 0. The van der Waals surface area contributed by atoms with E-state index in [0.717, 1.165) is 34.5 Å². The quantitative estimate of drug-likeness (QED) is 0.164. The maximum atomic E-state index is 5.76. The van der Waals surface area contributed by atoms with Crippen LogP contribution in [0, 0.1) is 0 Å². The Hall–Kier alpha value is -6.33. The van der Waals surface area contributed by atoms with Crippen molar-refractivity contribution in [3.05, 3.63) is 167 Å². The number of hydrogen-bond donors (Lipinski definition) is 0. The van der Waals surface area contributed by atoms with Crippen LogP contribution in [0.3, 0.4) is 0 Å². The zero-order valence-electron chi connectivity index (χ0n) is 48.3. The van der Waals surface area contributed by atoms with Crippen molar-refractivity contribution in [3.8, 4) is 28.2 Å². The van der Waals surface area contributed by atoms with Crippen LogP contribution >= 0.6 is 0 Å². The van der Waals surface area contributed by atoms with Crippen molar-refractivity contribution in [2.75, 3.05) is 9.80 Å². The first-order valence-electron chi connectivity index (χ1n) is 28.8. The van der Waals surface area contributed by atoms with Gasteiger partial charge in [-0.2, -0.15) is 0 Å². The first-order valence-corrected chi connectivity index (χ1v) is 28.8. The van der Waals surface area contributed by atoms with Gasteiger partial charge < -0.3 is 9.80 Å². The first-order chi connectivity index (χ1) is 35.8. The van der Waals surface area contributed by atoms with Crippen LogP contribution in [0.5, 0.6) is 0 Å². The van der Waals surface area contributed by atoms with Gasteiger partial charge in [0.15, 0.2) is 0 Å². The van der Waals surface area contributed by atoms with Crippen molar-refractivity contribution in [3.63, 3.8) is 0 Å². The summed E-state index contributed by atoms with van der Waals surface area (Å²) in [6, 6.07) is 52.1. The molecule has 0 bridgehead atoms. The second kappa shape index (κ2) is 16.1. The number of nitrogens with zero attached hydrogens (tertiary/aromatic N) is 4. The maximum Gasteiger partial charge on any atom is 0.252 e. The van der Waals surface area contributed by atoms with Crippen molar-refractivity contribution in [2.45, 2.75) is 180 Å². The predicted molar refractivity (Wildman–Crippen MR) is 325 cm³/mol. The smallest absolute Gasteiger partial charge is 0.252 e. The number of para-hydroxylation sites is 1. The Kier molecular flexibility index (Phi) is 10.4. The number of anilines is 5. The molecule has 4 heterocycles. The van der Waals surface area contributed by atoms with Crippen LogP contribution in [0.25, 0.3) is 39.2 Å². The summed E-state index contributed by atoms with van der Waals surface area (Å²) in [5, 5.41) is 0. The highest BCUT2D eigenvalue weighted by molar-refractivity contribution is 7.00. The molecule has 0 amide bonds. The monoisotopic (exact) mass is 999 g/mol. The average molecular weight is 999 g/mol. The van der Waals surface area contributed by atoms with E-state index in [1.165, 1.54) is 116 Å². The number of benzene rings is 7. The molecule has 386 valence electrons. The lowest BCUT2D eigenvalue weighted by atomic mass is 9.33. The lowest BCUT2D eigenvalue weighted by molar-refractivity contribution is 0.193. The Morgan fingerprint density at radius 2 is 1.12 bits per heavy atom. The molecule has 0 saturated heterocycles. The molecule has 7 aromatic carbocycles. The molecule has 0 radical (unpaired) electrons. The molecular weight excluding hydrogens is 920 g/mol. The summed E-state index contributed by atoms with van der Waals surface area (Å²) in [6.07, 6.45) is 7.21. The van der Waals surface area contributed by atoms with Gasteiger partial charge in [-0.3, -0.25) is 4.57 Å². The van der Waals surface area contributed by atoms with Crippen LogP contribution in [0.4, 0.5) is 28.4 Å². The molecule has 1 fully saturated rings. The van der Waals surface area contributed by atoms with E-state index in [4.69, 9.17) is 4.98 Å². The fourth-order valence-electron chi connectivity index (χ4n) is 15.0. The molecule has 0 spiro atoms. The molecule has 13 rings (SSSR count). The molecule has 3 aliphatic heterocycles. The number of hydrogen-bond acceptors (Lipinski definition) is 3. The van der Waals surface area contributed by atoms with Gasteiger partial charge in [-0.15, -0.1) is 0 Å². The van der Waals surface area contributed by atoms with Gasteiger partial charge in [-0.25, -0.2) is 4.98 Å². The fourth-order valence-corrected chi connectivity index (χ4v) is 15.0. The van der Waals surface area contributed by atoms with E-state index < -0.39 is 0 Å². The minimum atomic E-state index is -0.0968. The fraction of sp³-hybridized carbons (Fsp3) is 0.394. The molecule has 1 aromatic heterocycles. The molecule has 2 atom stereocenters. The highest BCUT2D eigenvalue weighted by atomic mass is 15.3. The SMILES string of the molecule is CC(C)(C)c1ccc(-c2ccc(-c3nc4cc5c(cc4n3-c3ccccc3)B3c4ccc(C(C)(C)C)c6c4N(c4cc(C(C)(C)C)cc(c43)N5c3ccc4c(c3)C(C)(C)CCC4(C)C)C3(C)CCCCC63C)cc2)cc1. The van der Waals surface area contributed by atoms with Crippen LogP contribution in [-0.2, 0) is 32.5 Å². The van der Waals surface area contributed by atoms with E-state index >= 15 is 0 Å². The third-order valence-electron chi connectivity index (χ3n) is 19.8. The zero-order valence-corrected chi connectivity index (χ0v) is 48.3. The minimum Gasteiger partial charge on any atom is -0.335 e. The van der Waals surface area contributed by atoms with Gasteiger partial charge >= 0.3 is 0 Å². The second-order valence-corrected chi connectivity index (χ2v) is 28.7. The third kappa shape index (κ3) is 7.04. The van der Waals surface area contributed by atoms with Gasteiger partial charge in [0.25, 0.3) is 6.71 Å². The van der Waals surface area contributed by atoms with Crippen LogP contribution in [0.1, 0.15) is 176 Å². The van der Waals surface area contributed by atoms with Gasteiger partial charge in [0.2, 0.25) is 0 Å². The highest BCUT2D eigenvalue weighted by Crippen LogP contribution is 2.64. The molecule has 0 N–H and O–H groups in total. The Balaban J connectivity index is 1.12. The van der Waals surface area contributed by atoms with E-state index in [1.54, 1.807) is 5.56 Å². The van der Waals surface area contributed by atoms with Gasteiger partial charge in [0, 0.05) is 45.1 Å². The van der Waals surface area contributed by atoms with Crippen molar-refractivity contribution in [1.82, 2.24) is 9.55 Å². The molecule has 2 aliphatic carbocycles. The number of fused-ring (bicyclic) bond motifs is 9. The summed E-state index contributed by atoms with van der Waals surface area (Å²) < 4.78 is 2.44.